The molecule has 0 fully saturated rings. The van der Waals surface area contributed by atoms with Gasteiger partial charge in [0.25, 0.3) is 0 Å². The summed E-state index contributed by atoms with van der Waals surface area (Å²) < 4.78 is 26.2. The van der Waals surface area contributed by atoms with Gasteiger partial charge in [-0.25, -0.2) is 8.78 Å². The van der Waals surface area contributed by atoms with Gasteiger partial charge in [0.05, 0.1) is 0 Å². The second-order valence-corrected chi connectivity index (χ2v) is 3.95. The van der Waals surface area contributed by atoms with E-state index >= 15 is 0 Å². The maximum atomic E-state index is 13.1. The summed E-state index contributed by atoms with van der Waals surface area (Å²) in [5.74, 6) is -1.64. The minimum absolute atomic E-state index is 0.169. The highest BCUT2D eigenvalue weighted by atomic mass is 32.1. The fourth-order valence-corrected chi connectivity index (χ4v) is 1.97. The molecule has 1 aromatic rings. The number of anilines is 1. The van der Waals surface area contributed by atoms with Crippen molar-refractivity contribution >= 4 is 18.3 Å². The van der Waals surface area contributed by atoms with Crippen molar-refractivity contribution in [2.45, 2.75) is 12.2 Å². The predicted molar refractivity (Wildman–Crippen MR) is 60.2 cm³/mol. The van der Waals surface area contributed by atoms with E-state index in [2.05, 4.69) is 12.6 Å². The lowest BCUT2D eigenvalue weighted by Crippen LogP contribution is -2.20. The Bertz CT molecular complexity index is 417. The van der Waals surface area contributed by atoms with Crippen molar-refractivity contribution in [1.29, 1.82) is 0 Å². The summed E-state index contributed by atoms with van der Waals surface area (Å²) in [7, 11) is 0. The zero-order valence-corrected chi connectivity index (χ0v) is 9.14. The average molecular weight is 227 g/mol. The Morgan fingerprint density at radius 1 is 1.33 bits per heavy atom. The molecule has 1 heterocycles. The van der Waals surface area contributed by atoms with Crippen molar-refractivity contribution in [3.8, 4) is 0 Å². The Hall–Kier alpha value is -1.03. The molecule has 0 bridgehead atoms. The summed E-state index contributed by atoms with van der Waals surface area (Å²) in [4.78, 5) is 1.87. The van der Waals surface area contributed by atoms with Gasteiger partial charge in [0.1, 0.15) is 0 Å². The van der Waals surface area contributed by atoms with Gasteiger partial charge < -0.3 is 4.90 Å². The van der Waals surface area contributed by atoms with Crippen LogP contribution in [0.3, 0.4) is 0 Å². The first-order valence-electron chi connectivity index (χ1n) is 4.75. The van der Waals surface area contributed by atoms with E-state index in [0.29, 0.717) is 11.3 Å². The zero-order chi connectivity index (χ0) is 11.0. The van der Waals surface area contributed by atoms with E-state index in [0.717, 1.165) is 6.54 Å². The lowest BCUT2D eigenvalue weighted by atomic mass is 10.0. The van der Waals surface area contributed by atoms with Crippen LogP contribution in [0, 0.1) is 11.6 Å². The Balaban J connectivity index is 2.57. The molecule has 0 amide bonds. The van der Waals surface area contributed by atoms with Gasteiger partial charge in [-0.1, -0.05) is 6.08 Å². The monoisotopic (exact) mass is 227 g/mol. The minimum atomic E-state index is -0.820. The van der Waals surface area contributed by atoms with Gasteiger partial charge in [0.15, 0.2) is 11.6 Å². The molecule has 0 spiro atoms. The molecule has 80 valence electrons. The van der Waals surface area contributed by atoms with Crippen LogP contribution in [0.15, 0.2) is 24.4 Å². The highest BCUT2D eigenvalue weighted by Crippen LogP contribution is 2.36. The highest BCUT2D eigenvalue weighted by Gasteiger charge is 2.20. The Morgan fingerprint density at radius 2 is 2.00 bits per heavy atom. The van der Waals surface area contributed by atoms with Crippen molar-refractivity contribution in [3.63, 3.8) is 0 Å². The topological polar surface area (TPSA) is 3.24 Å². The molecular weight excluding hydrogens is 216 g/mol. The Kier molecular flexibility index (Phi) is 2.69. The second kappa shape index (κ2) is 3.85. The quantitative estimate of drug-likeness (QED) is 0.720. The van der Waals surface area contributed by atoms with Gasteiger partial charge in [-0.15, -0.1) is 0 Å². The van der Waals surface area contributed by atoms with Crippen molar-refractivity contribution in [2.24, 2.45) is 0 Å². The van der Waals surface area contributed by atoms with Crippen LogP contribution in [0.5, 0.6) is 0 Å². The number of hydrogen-bond donors (Lipinski definition) is 1. The SMILES string of the molecule is CCN1C=CC(S)c2cc(F)c(F)cc21. The summed E-state index contributed by atoms with van der Waals surface area (Å²) in [6.45, 7) is 2.67. The summed E-state index contributed by atoms with van der Waals surface area (Å²) >= 11 is 4.30. The first-order chi connectivity index (χ1) is 7.13. The molecule has 0 N–H and O–H groups in total. The van der Waals surface area contributed by atoms with Crippen LogP contribution >= 0.6 is 12.6 Å². The fraction of sp³-hybridized carbons (Fsp3) is 0.273. The van der Waals surface area contributed by atoms with Crippen molar-refractivity contribution in [1.82, 2.24) is 0 Å². The summed E-state index contributed by atoms with van der Waals surface area (Å²) in [6, 6.07) is 2.44. The molecule has 1 nitrogen and oxygen atoms in total. The smallest absolute Gasteiger partial charge is 0.160 e. The molecule has 0 saturated carbocycles. The molecule has 0 saturated heterocycles. The fourth-order valence-electron chi connectivity index (χ4n) is 1.68. The van der Waals surface area contributed by atoms with E-state index in [4.69, 9.17) is 0 Å². The molecule has 15 heavy (non-hydrogen) atoms. The predicted octanol–water partition coefficient (Wildman–Crippen LogP) is 3.29. The lowest BCUT2D eigenvalue weighted by molar-refractivity contribution is 0.507. The summed E-state index contributed by atoms with van der Waals surface area (Å²) in [5, 5.41) is -0.169. The molecular formula is C11H11F2NS. The second-order valence-electron chi connectivity index (χ2n) is 3.40. The van der Waals surface area contributed by atoms with E-state index < -0.39 is 11.6 Å². The highest BCUT2D eigenvalue weighted by molar-refractivity contribution is 7.80. The third-order valence-corrected chi connectivity index (χ3v) is 2.94. The zero-order valence-electron chi connectivity index (χ0n) is 8.24. The van der Waals surface area contributed by atoms with Crippen LogP contribution in [-0.2, 0) is 0 Å². The van der Waals surface area contributed by atoms with Gasteiger partial charge in [0.2, 0.25) is 0 Å². The van der Waals surface area contributed by atoms with E-state index in [-0.39, 0.29) is 5.25 Å². The van der Waals surface area contributed by atoms with E-state index in [9.17, 15) is 8.78 Å². The minimum Gasteiger partial charge on any atom is -0.348 e. The number of fused-ring (bicyclic) bond motifs is 1. The molecule has 1 aromatic carbocycles. The third kappa shape index (κ3) is 1.74. The van der Waals surface area contributed by atoms with Gasteiger partial charge in [0, 0.05) is 29.7 Å². The van der Waals surface area contributed by atoms with Gasteiger partial charge >= 0.3 is 0 Å². The molecule has 0 aliphatic carbocycles. The Labute approximate surface area is 92.8 Å². The largest absolute Gasteiger partial charge is 0.348 e. The number of thiol groups is 1. The normalized spacial score (nSPS) is 19.2. The number of nitrogens with zero attached hydrogens (tertiary/aromatic N) is 1. The molecule has 1 atom stereocenters. The number of hydrogen-bond acceptors (Lipinski definition) is 2. The van der Waals surface area contributed by atoms with Crippen molar-refractivity contribution in [2.75, 3.05) is 11.4 Å². The number of rotatable bonds is 1. The molecule has 1 unspecified atom stereocenters. The Morgan fingerprint density at radius 3 is 2.67 bits per heavy atom. The number of benzene rings is 1. The van der Waals surface area contributed by atoms with E-state index in [1.807, 2.05) is 24.1 Å². The van der Waals surface area contributed by atoms with Gasteiger partial charge in [-0.05, 0) is 18.6 Å². The third-order valence-electron chi connectivity index (χ3n) is 2.49. The van der Waals surface area contributed by atoms with Crippen LogP contribution in [0.2, 0.25) is 0 Å². The molecule has 1 aliphatic rings. The molecule has 0 aromatic heterocycles. The number of halogens is 2. The maximum absolute atomic E-state index is 13.1. The molecule has 0 radical (unpaired) electrons. The van der Waals surface area contributed by atoms with E-state index in [1.165, 1.54) is 12.1 Å². The molecule has 4 heteroatoms. The van der Waals surface area contributed by atoms with Crippen LogP contribution in [0.1, 0.15) is 17.7 Å². The first kappa shape index (κ1) is 10.5. The van der Waals surface area contributed by atoms with Crippen molar-refractivity contribution in [3.05, 3.63) is 41.6 Å². The van der Waals surface area contributed by atoms with Crippen LogP contribution in [-0.4, -0.2) is 6.54 Å². The van der Waals surface area contributed by atoms with Crippen LogP contribution in [0.25, 0.3) is 0 Å². The van der Waals surface area contributed by atoms with Crippen LogP contribution in [0.4, 0.5) is 14.5 Å². The van der Waals surface area contributed by atoms with Crippen molar-refractivity contribution < 1.29 is 8.78 Å². The van der Waals surface area contributed by atoms with Crippen LogP contribution < -0.4 is 4.90 Å². The van der Waals surface area contributed by atoms with Gasteiger partial charge in [-0.2, -0.15) is 12.6 Å². The molecule has 1 aliphatic heterocycles. The average Bonchev–Trinajstić information content (AvgIpc) is 2.22. The van der Waals surface area contributed by atoms with Gasteiger partial charge in [-0.3, -0.25) is 0 Å². The summed E-state index contributed by atoms with van der Waals surface area (Å²) in [5.41, 5.74) is 1.40. The first-order valence-corrected chi connectivity index (χ1v) is 5.27. The standard InChI is InChI=1S/C11H11F2NS/c1-2-14-4-3-11(15)7-5-8(12)9(13)6-10(7)14/h3-6,11,15H,2H2,1H3. The molecule has 2 rings (SSSR count). The summed E-state index contributed by atoms with van der Waals surface area (Å²) in [6.07, 6.45) is 3.70. The lowest BCUT2D eigenvalue weighted by Gasteiger charge is -2.28. The maximum Gasteiger partial charge on any atom is 0.160 e. The van der Waals surface area contributed by atoms with E-state index in [1.54, 1.807) is 0 Å².